The average molecular weight is 602 g/mol. The van der Waals surface area contributed by atoms with E-state index in [1.54, 1.807) is 6.92 Å². The highest BCUT2D eigenvalue weighted by Crippen LogP contribution is 2.43. The molecule has 4 saturated heterocycles. The summed E-state index contributed by atoms with van der Waals surface area (Å²) in [4.78, 5) is 134. The van der Waals surface area contributed by atoms with Gasteiger partial charge in [0, 0.05) is 27.2 Å². The fraction of sp³-hybridized carbons (Fsp3) is 0.429. The number of amides is 6. The van der Waals surface area contributed by atoms with Gasteiger partial charge in [0.05, 0.1) is 0 Å². The summed E-state index contributed by atoms with van der Waals surface area (Å²) in [6.07, 6.45) is 0. The molecule has 4 aliphatic heterocycles. The Kier molecular flexibility index (Phi) is 9.41. The van der Waals surface area contributed by atoms with E-state index in [0.29, 0.717) is 0 Å². The van der Waals surface area contributed by atoms with Gasteiger partial charge in [-0.05, 0) is 13.8 Å². The third kappa shape index (κ3) is 4.05. The van der Waals surface area contributed by atoms with Crippen LogP contribution in [0.3, 0.4) is 0 Å². The first-order valence-electron chi connectivity index (χ1n) is 11.1. The maximum Gasteiger partial charge on any atom is 0.357 e. The van der Waals surface area contributed by atoms with E-state index in [1.807, 2.05) is 10.6 Å². The molecule has 0 radical (unpaired) electrons. The Labute approximate surface area is 232 Å². The number of cyclic esters (lactones) is 4. The monoisotopic (exact) mass is 602 g/mol. The van der Waals surface area contributed by atoms with Crippen LogP contribution < -0.4 is 10.6 Å². The molecule has 4 rings (SSSR count). The number of imide groups is 2. The molecule has 0 unspecified atom stereocenters. The number of carbonyl (C=O) groups is 12. The lowest BCUT2D eigenvalue weighted by Crippen LogP contribution is -2.83. The van der Waals surface area contributed by atoms with E-state index in [1.165, 1.54) is 14.0 Å². The van der Waals surface area contributed by atoms with Crippen molar-refractivity contribution in [3.8, 4) is 0 Å². The summed E-state index contributed by atoms with van der Waals surface area (Å²) in [5, 5.41) is 21.4. The third-order valence-corrected chi connectivity index (χ3v) is 6.18. The Hall–Kier alpha value is -5.60. The van der Waals surface area contributed by atoms with E-state index in [0.717, 1.165) is 16.8 Å². The standard InChI is InChI=1S/C8H12N2O6.C8H8N2O4.C5O6.H2O/c1-3-10-5(12)8(6(13)14,7(15)16)4(11)9-2;1-3-10-6(13)8(7(10)14)4(11)9(2)5(8)12;6-1-5(2(7)10-1)3(8)11-4(5)9;/h3H2,1-2H3,(H,9,11)(H,10,12)(H,13,14)(H,15,16);3H2,1-2H3;;1H2. The number of ether oxygens (including phenoxy) is 2. The molecule has 0 aliphatic carbocycles. The van der Waals surface area contributed by atoms with Gasteiger partial charge in [0.1, 0.15) is 0 Å². The molecule has 228 valence electrons. The Morgan fingerprint density at radius 3 is 1.36 bits per heavy atom. The van der Waals surface area contributed by atoms with Crippen LogP contribution in [-0.4, -0.2) is 124 Å². The first-order valence-corrected chi connectivity index (χ1v) is 11.1. The number of rotatable bonds is 6. The Morgan fingerprint density at radius 2 is 1.12 bits per heavy atom. The lowest BCUT2D eigenvalue weighted by atomic mass is 9.69. The van der Waals surface area contributed by atoms with Crippen molar-refractivity contribution < 1.29 is 82.7 Å². The van der Waals surface area contributed by atoms with Crippen molar-refractivity contribution in [2.45, 2.75) is 13.8 Å². The second-order valence-electron chi connectivity index (χ2n) is 8.18. The third-order valence-electron chi connectivity index (χ3n) is 6.18. The van der Waals surface area contributed by atoms with E-state index in [9.17, 15) is 57.5 Å². The van der Waals surface area contributed by atoms with Gasteiger partial charge in [0.25, 0.3) is 40.9 Å². The van der Waals surface area contributed by atoms with Gasteiger partial charge in [-0.3, -0.25) is 38.6 Å². The number of carbonyl (C=O) groups excluding carboxylic acids is 10. The number of nitrogens with zero attached hydrogens (tertiary/aromatic N) is 2. The van der Waals surface area contributed by atoms with Crippen LogP contribution in [0.5, 0.6) is 0 Å². The molecule has 0 aromatic carbocycles. The van der Waals surface area contributed by atoms with Gasteiger partial charge >= 0.3 is 46.6 Å². The van der Waals surface area contributed by atoms with Crippen LogP contribution in [0.15, 0.2) is 0 Å². The molecule has 4 aliphatic rings. The number of β-lactam (4-membered cyclic amide) rings is 4. The predicted octanol–water partition coefficient (Wildman–Crippen LogP) is -6.30. The van der Waals surface area contributed by atoms with Crippen LogP contribution in [0.2, 0.25) is 0 Å². The van der Waals surface area contributed by atoms with Crippen molar-refractivity contribution in [1.82, 2.24) is 20.4 Å². The largest absolute Gasteiger partial charge is 0.480 e. The van der Waals surface area contributed by atoms with Crippen LogP contribution in [0, 0.1) is 16.2 Å². The molecular weight excluding hydrogens is 580 g/mol. The van der Waals surface area contributed by atoms with Crippen LogP contribution >= 0.6 is 0 Å². The molecule has 4 fully saturated rings. The number of carboxylic acids is 2. The molecule has 6 N–H and O–H groups in total. The van der Waals surface area contributed by atoms with Crippen molar-refractivity contribution in [2.75, 3.05) is 27.2 Å². The predicted molar refractivity (Wildman–Crippen MR) is 121 cm³/mol. The number of carboxylic acid groups (broad SMARTS) is 2. The van der Waals surface area contributed by atoms with Crippen molar-refractivity contribution in [1.29, 1.82) is 0 Å². The number of esters is 4. The zero-order valence-corrected chi connectivity index (χ0v) is 21.9. The van der Waals surface area contributed by atoms with Crippen molar-refractivity contribution >= 4 is 71.3 Å². The molecule has 4 heterocycles. The normalized spacial score (nSPS) is 18.7. The molecule has 0 aromatic heterocycles. The molecular formula is C21H22N4O17. The summed E-state index contributed by atoms with van der Waals surface area (Å²) in [6.45, 7) is 3.29. The number of likely N-dealkylation sites (tertiary alicyclic amines) is 2. The highest BCUT2D eigenvalue weighted by Gasteiger charge is 2.80. The van der Waals surface area contributed by atoms with Crippen LogP contribution in [0.4, 0.5) is 0 Å². The smallest absolute Gasteiger partial charge is 0.357 e. The minimum Gasteiger partial charge on any atom is -0.480 e. The molecule has 0 atom stereocenters. The Morgan fingerprint density at radius 1 is 0.738 bits per heavy atom. The van der Waals surface area contributed by atoms with Crippen LogP contribution in [-0.2, 0) is 67.0 Å². The summed E-state index contributed by atoms with van der Waals surface area (Å²) in [5.41, 5.74) is -7.35. The Bertz CT molecular complexity index is 1250. The van der Waals surface area contributed by atoms with Gasteiger partial charge in [0.2, 0.25) is 0 Å². The zero-order chi connectivity index (χ0) is 31.8. The zero-order valence-electron chi connectivity index (χ0n) is 21.9. The molecule has 2 spiro atoms. The average Bonchev–Trinajstić information content (AvgIpc) is 2.89. The summed E-state index contributed by atoms with van der Waals surface area (Å²) in [5.74, 6) is -14.2. The molecule has 0 bridgehead atoms. The number of aliphatic carboxylic acids is 2. The quantitative estimate of drug-likeness (QED) is 0.125. The fourth-order valence-electron chi connectivity index (χ4n) is 3.77. The van der Waals surface area contributed by atoms with E-state index in [2.05, 4.69) is 9.47 Å². The second-order valence-corrected chi connectivity index (χ2v) is 8.18. The van der Waals surface area contributed by atoms with Gasteiger partial charge in [-0.25, -0.2) is 28.8 Å². The molecule has 21 nitrogen and oxygen atoms in total. The number of nitrogens with one attached hydrogen (secondary N) is 2. The molecule has 0 saturated carbocycles. The van der Waals surface area contributed by atoms with E-state index in [-0.39, 0.29) is 18.6 Å². The van der Waals surface area contributed by atoms with Gasteiger partial charge < -0.3 is 35.8 Å². The molecule has 21 heteroatoms. The van der Waals surface area contributed by atoms with Crippen molar-refractivity contribution in [3.63, 3.8) is 0 Å². The number of hydrogen-bond donors (Lipinski definition) is 4. The molecule has 0 aromatic rings. The Balaban J connectivity index is 0.000000315. The maximum absolute atomic E-state index is 11.4. The first kappa shape index (κ1) is 34.4. The topological polar surface area (TPSA) is 326 Å². The lowest BCUT2D eigenvalue weighted by Gasteiger charge is -2.51. The minimum absolute atomic E-state index is 0. The summed E-state index contributed by atoms with van der Waals surface area (Å²) in [6, 6.07) is 0. The van der Waals surface area contributed by atoms with Crippen LogP contribution in [0.25, 0.3) is 0 Å². The van der Waals surface area contributed by atoms with E-state index >= 15 is 0 Å². The van der Waals surface area contributed by atoms with E-state index in [4.69, 9.17) is 10.2 Å². The fourth-order valence-corrected chi connectivity index (χ4v) is 3.77. The SMILES string of the molecule is CCN1C(=O)C2(C(=O)N(C)C2=O)C1=O.CCNC(=O)C(C(=O)O)(C(=O)O)C(=O)NC.O.O=C1OC(=O)C12C(=O)OC2=O. The van der Waals surface area contributed by atoms with Gasteiger partial charge in [-0.1, -0.05) is 0 Å². The van der Waals surface area contributed by atoms with Gasteiger partial charge in [0.15, 0.2) is 0 Å². The van der Waals surface area contributed by atoms with E-state index < -0.39 is 87.5 Å². The lowest BCUT2D eigenvalue weighted by molar-refractivity contribution is -0.224. The summed E-state index contributed by atoms with van der Waals surface area (Å²) in [7, 11) is 2.30. The number of hydrogen-bond acceptors (Lipinski definition) is 14. The van der Waals surface area contributed by atoms with Crippen molar-refractivity contribution in [2.24, 2.45) is 16.2 Å². The van der Waals surface area contributed by atoms with Crippen molar-refractivity contribution in [3.05, 3.63) is 0 Å². The van der Waals surface area contributed by atoms with Gasteiger partial charge in [-0.2, -0.15) is 0 Å². The molecule has 42 heavy (non-hydrogen) atoms. The first-order chi connectivity index (χ1) is 18.9. The minimum atomic E-state index is -3.15. The highest BCUT2D eigenvalue weighted by atomic mass is 16.7. The van der Waals surface area contributed by atoms with Gasteiger partial charge in [-0.15, -0.1) is 0 Å². The molecule has 6 amide bonds. The van der Waals surface area contributed by atoms with Crippen LogP contribution in [0.1, 0.15) is 13.8 Å². The second kappa shape index (κ2) is 11.5. The maximum atomic E-state index is 11.4. The highest BCUT2D eigenvalue weighted by molar-refractivity contribution is 6.52. The summed E-state index contributed by atoms with van der Waals surface area (Å²) < 4.78 is 7.68. The summed E-state index contributed by atoms with van der Waals surface area (Å²) >= 11 is 0.